The van der Waals surface area contributed by atoms with Crippen LogP contribution in [0.3, 0.4) is 0 Å². The van der Waals surface area contributed by atoms with E-state index in [0.717, 1.165) is 33.2 Å². The van der Waals surface area contributed by atoms with E-state index in [0.29, 0.717) is 29.0 Å². The molecule has 6 nitrogen and oxygen atoms in total. The molecule has 0 fully saturated rings. The molecule has 32 heavy (non-hydrogen) atoms. The van der Waals surface area contributed by atoms with E-state index in [-0.39, 0.29) is 0 Å². The lowest BCUT2D eigenvalue weighted by molar-refractivity contribution is 0.659. The zero-order chi connectivity index (χ0) is 22.7. The van der Waals surface area contributed by atoms with Crippen LogP contribution in [-0.4, -0.2) is 24.7 Å². The highest BCUT2D eigenvalue weighted by molar-refractivity contribution is 7.80. The van der Waals surface area contributed by atoms with Crippen LogP contribution in [0.25, 0.3) is 0 Å². The number of nitrogens with one attached hydrogen (secondary N) is 2. The van der Waals surface area contributed by atoms with Crippen LogP contribution in [0.2, 0.25) is 10.0 Å². The maximum Gasteiger partial charge on any atom is 0.176 e. The van der Waals surface area contributed by atoms with Gasteiger partial charge in [0.15, 0.2) is 10.9 Å². The Bertz CT molecular complexity index is 1250. The third-order valence-electron chi connectivity index (χ3n) is 5.04. The molecular weight excluding hydrogens is 463 g/mol. The van der Waals surface area contributed by atoms with Gasteiger partial charge in [-0.2, -0.15) is 10.2 Å². The second-order valence-corrected chi connectivity index (χ2v) is 8.65. The monoisotopic (exact) mass is 484 g/mol. The van der Waals surface area contributed by atoms with Gasteiger partial charge in [-0.25, -0.2) is 0 Å². The fourth-order valence-corrected chi connectivity index (χ4v) is 3.90. The Balaban J connectivity index is 1.40. The number of aryl methyl sites for hydroxylation is 1. The number of benzene rings is 2. The Hall–Kier alpha value is -2.87. The first-order valence-corrected chi connectivity index (χ1v) is 11.2. The third-order valence-corrected chi connectivity index (χ3v) is 5.86. The van der Waals surface area contributed by atoms with Crippen molar-refractivity contribution in [1.29, 1.82) is 0 Å². The Morgan fingerprint density at radius 1 is 0.938 bits per heavy atom. The van der Waals surface area contributed by atoms with E-state index >= 15 is 0 Å². The van der Waals surface area contributed by atoms with Gasteiger partial charge in [0.25, 0.3) is 0 Å². The molecule has 0 atom stereocenters. The summed E-state index contributed by atoms with van der Waals surface area (Å²) in [6.45, 7) is 5.18. The van der Waals surface area contributed by atoms with Gasteiger partial charge in [0.1, 0.15) is 0 Å². The van der Waals surface area contributed by atoms with Crippen molar-refractivity contribution in [3.63, 3.8) is 0 Å². The van der Waals surface area contributed by atoms with E-state index < -0.39 is 0 Å². The molecule has 0 aliphatic heterocycles. The number of hydrogen-bond acceptors (Lipinski definition) is 3. The van der Waals surface area contributed by atoms with Crippen molar-refractivity contribution in [2.24, 2.45) is 0 Å². The molecule has 0 aliphatic carbocycles. The summed E-state index contributed by atoms with van der Waals surface area (Å²) in [5.74, 6) is 0.662. The normalized spacial score (nSPS) is 10.9. The summed E-state index contributed by atoms with van der Waals surface area (Å²) in [5, 5.41) is 17.5. The van der Waals surface area contributed by atoms with Gasteiger partial charge in [0.2, 0.25) is 0 Å². The molecule has 164 valence electrons. The first-order chi connectivity index (χ1) is 15.4. The summed E-state index contributed by atoms with van der Waals surface area (Å²) in [7, 11) is 0. The first-order valence-electron chi connectivity index (χ1n) is 10.0. The highest BCUT2D eigenvalue weighted by Crippen LogP contribution is 2.23. The maximum atomic E-state index is 6.31. The van der Waals surface area contributed by atoms with E-state index in [1.165, 1.54) is 0 Å². The van der Waals surface area contributed by atoms with Crippen molar-refractivity contribution in [2.45, 2.75) is 26.9 Å². The van der Waals surface area contributed by atoms with E-state index in [1.54, 1.807) is 0 Å². The van der Waals surface area contributed by atoms with Crippen LogP contribution in [0.15, 0.2) is 60.8 Å². The number of rotatable bonds is 6. The standard InChI is InChI=1S/C23H22Cl2N6S/c1-15-22(16(2)31(28-15)14-18-5-3-4-6-20(18)25)27-23(32)26-21-11-12-30(29-21)13-17-7-9-19(24)10-8-17/h3-12H,13-14H2,1-2H3,(H2,26,27,29,32). The summed E-state index contributed by atoms with van der Waals surface area (Å²) < 4.78 is 3.76. The molecule has 2 N–H and O–H groups in total. The van der Waals surface area contributed by atoms with Crippen LogP contribution in [0.4, 0.5) is 11.5 Å². The molecule has 9 heteroatoms. The minimum atomic E-state index is 0.449. The molecule has 4 aromatic rings. The van der Waals surface area contributed by atoms with E-state index in [4.69, 9.17) is 35.4 Å². The lowest BCUT2D eigenvalue weighted by atomic mass is 10.2. The zero-order valence-electron chi connectivity index (χ0n) is 17.6. The van der Waals surface area contributed by atoms with Crippen molar-refractivity contribution in [3.05, 3.63) is 93.4 Å². The van der Waals surface area contributed by atoms with Crippen LogP contribution in [0.1, 0.15) is 22.5 Å². The number of thiocarbonyl (C=S) groups is 1. The Kier molecular flexibility index (Phi) is 6.79. The summed E-state index contributed by atoms with van der Waals surface area (Å²) >= 11 is 17.8. The Labute approximate surface area is 202 Å². The number of hydrogen-bond donors (Lipinski definition) is 2. The van der Waals surface area contributed by atoms with E-state index in [9.17, 15) is 0 Å². The SMILES string of the molecule is Cc1nn(Cc2ccccc2Cl)c(C)c1NC(=S)Nc1ccn(Cc2ccc(Cl)cc2)n1. The molecule has 2 aromatic carbocycles. The topological polar surface area (TPSA) is 59.7 Å². The molecule has 0 saturated carbocycles. The number of anilines is 2. The Morgan fingerprint density at radius 2 is 1.69 bits per heavy atom. The quantitative estimate of drug-likeness (QED) is 0.333. The lowest BCUT2D eigenvalue weighted by Crippen LogP contribution is -2.20. The van der Waals surface area contributed by atoms with Crippen LogP contribution in [0.5, 0.6) is 0 Å². The van der Waals surface area contributed by atoms with Crippen LogP contribution in [0, 0.1) is 13.8 Å². The highest BCUT2D eigenvalue weighted by Gasteiger charge is 2.14. The highest BCUT2D eigenvalue weighted by atomic mass is 35.5. The number of halogens is 2. The average molecular weight is 485 g/mol. The summed E-state index contributed by atoms with van der Waals surface area (Å²) in [6.07, 6.45) is 1.90. The minimum absolute atomic E-state index is 0.449. The molecule has 2 heterocycles. The van der Waals surface area contributed by atoms with Gasteiger partial charge in [-0.1, -0.05) is 53.5 Å². The van der Waals surface area contributed by atoms with Gasteiger partial charge in [-0.05, 0) is 55.4 Å². The van der Waals surface area contributed by atoms with Crippen molar-refractivity contribution in [2.75, 3.05) is 10.6 Å². The van der Waals surface area contributed by atoms with Gasteiger partial charge in [-0.3, -0.25) is 9.36 Å². The van der Waals surface area contributed by atoms with Crippen LogP contribution < -0.4 is 10.6 Å². The molecule has 0 radical (unpaired) electrons. The van der Waals surface area contributed by atoms with Crippen LogP contribution in [-0.2, 0) is 13.1 Å². The summed E-state index contributed by atoms with van der Waals surface area (Å²) in [6, 6.07) is 17.3. The number of nitrogens with zero attached hydrogens (tertiary/aromatic N) is 4. The maximum absolute atomic E-state index is 6.31. The largest absolute Gasteiger partial charge is 0.329 e. The van der Waals surface area contributed by atoms with Crippen molar-refractivity contribution >= 4 is 52.0 Å². The van der Waals surface area contributed by atoms with Crippen molar-refractivity contribution in [3.8, 4) is 0 Å². The van der Waals surface area contributed by atoms with Gasteiger partial charge in [0, 0.05) is 22.3 Å². The molecule has 0 saturated heterocycles. The Morgan fingerprint density at radius 3 is 2.44 bits per heavy atom. The molecule has 0 amide bonds. The molecule has 0 bridgehead atoms. The molecule has 4 rings (SSSR count). The molecule has 0 aliphatic rings. The van der Waals surface area contributed by atoms with Crippen LogP contribution >= 0.6 is 35.4 Å². The van der Waals surface area contributed by atoms with E-state index in [1.807, 2.05) is 84.0 Å². The molecule has 2 aromatic heterocycles. The number of aromatic nitrogens is 4. The van der Waals surface area contributed by atoms with Gasteiger partial charge >= 0.3 is 0 Å². The van der Waals surface area contributed by atoms with E-state index in [2.05, 4.69) is 20.8 Å². The van der Waals surface area contributed by atoms with Gasteiger partial charge < -0.3 is 10.6 Å². The summed E-state index contributed by atoms with van der Waals surface area (Å²) in [4.78, 5) is 0. The third kappa shape index (κ3) is 5.30. The fourth-order valence-electron chi connectivity index (χ4n) is 3.37. The minimum Gasteiger partial charge on any atom is -0.329 e. The lowest BCUT2D eigenvalue weighted by Gasteiger charge is -2.10. The predicted molar refractivity (Wildman–Crippen MR) is 135 cm³/mol. The first kappa shape index (κ1) is 22.3. The second-order valence-electron chi connectivity index (χ2n) is 7.40. The molecule has 0 unspecified atom stereocenters. The van der Waals surface area contributed by atoms with Gasteiger partial charge in [0.05, 0.1) is 30.2 Å². The predicted octanol–water partition coefficient (Wildman–Crippen LogP) is 5.91. The zero-order valence-corrected chi connectivity index (χ0v) is 20.0. The fraction of sp³-hybridized carbons (Fsp3) is 0.174. The molecule has 0 spiro atoms. The second kappa shape index (κ2) is 9.73. The molecular formula is C23H22Cl2N6S. The van der Waals surface area contributed by atoms with Crippen molar-refractivity contribution in [1.82, 2.24) is 19.6 Å². The summed E-state index contributed by atoms with van der Waals surface area (Å²) in [5.41, 5.74) is 4.82. The van der Waals surface area contributed by atoms with Gasteiger partial charge in [-0.15, -0.1) is 0 Å². The van der Waals surface area contributed by atoms with Crippen molar-refractivity contribution < 1.29 is 0 Å². The smallest absolute Gasteiger partial charge is 0.176 e. The average Bonchev–Trinajstić information content (AvgIpc) is 3.30.